The molecule has 0 aliphatic heterocycles. The summed E-state index contributed by atoms with van der Waals surface area (Å²) < 4.78 is 0. The molecule has 0 aromatic carbocycles. The lowest BCUT2D eigenvalue weighted by molar-refractivity contribution is 0.373. The standard InChI is InChI=1S/C7H18N2.C2H6/c1-7(8-2)5-6-9(3)4;1-2/h7-8H,5-6H2,1-4H3;1-2H3. The lowest BCUT2D eigenvalue weighted by atomic mass is 10.2. The molecule has 2 heteroatoms. The van der Waals surface area contributed by atoms with Crippen LogP contribution in [0.4, 0.5) is 0 Å². The van der Waals surface area contributed by atoms with Crippen LogP contribution < -0.4 is 5.32 Å². The first-order valence-electron chi connectivity index (χ1n) is 4.48. The van der Waals surface area contributed by atoms with Gasteiger partial charge in [0.2, 0.25) is 0 Å². The highest BCUT2D eigenvalue weighted by Gasteiger charge is 1.96. The third-order valence-electron chi connectivity index (χ3n) is 1.50. The Bertz CT molecular complexity index is 62.6. The van der Waals surface area contributed by atoms with Gasteiger partial charge < -0.3 is 10.2 Å². The van der Waals surface area contributed by atoms with Crippen LogP contribution in [0.15, 0.2) is 0 Å². The Balaban J connectivity index is 0. The van der Waals surface area contributed by atoms with Gasteiger partial charge >= 0.3 is 0 Å². The molecule has 0 saturated heterocycles. The van der Waals surface area contributed by atoms with Crippen molar-refractivity contribution in [1.82, 2.24) is 10.2 Å². The van der Waals surface area contributed by atoms with Gasteiger partial charge in [0.25, 0.3) is 0 Å². The van der Waals surface area contributed by atoms with Crippen LogP contribution in [0.3, 0.4) is 0 Å². The summed E-state index contributed by atoms with van der Waals surface area (Å²) in [6, 6.07) is 0.646. The molecule has 2 nitrogen and oxygen atoms in total. The van der Waals surface area contributed by atoms with E-state index in [1.807, 2.05) is 20.9 Å². The number of hydrogen-bond acceptors (Lipinski definition) is 2. The lowest BCUT2D eigenvalue weighted by Crippen LogP contribution is -2.26. The minimum absolute atomic E-state index is 0.646. The summed E-state index contributed by atoms with van der Waals surface area (Å²) in [5.41, 5.74) is 0. The van der Waals surface area contributed by atoms with Gasteiger partial charge in [0.1, 0.15) is 0 Å². The first-order chi connectivity index (χ1) is 5.16. The van der Waals surface area contributed by atoms with Crippen molar-refractivity contribution in [2.45, 2.75) is 33.2 Å². The Kier molecular flexibility index (Phi) is 12.2. The Morgan fingerprint density at radius 1 is 1.27 bits per heavy atom. The largest absolute Gasteiger partial charge is 0.317 e. The van der Waals surface area contributed by atoms with Crippen LogP contribution in [0.1, 0.15) is 27.2 Å². The molecule has 70 valence electrons. The van der Waals surface area contributed by atoms with Crippen molar-refractivity contribution in [3.05, 3.63) is 0 Å². The molecule has 0 saturated carbocycles. The zero-order valence-electron chi connectivity index (χ0n) is 8.94. The van der Waals surface area contributed by atoms with Crippen LogP contribution in [-0.4, -0.2) is 38.6 Å². The maximum absolute atomic E-state index is 3.19. The molecule has 0 radical (unpaired) electrons. The number of nitrogens with zero attached hydrogens (tertiary/aromatic N) is 1. The Labute approximate surface area is 72.0 Å². The van der Waals surface area contributed by atoms with Gasteiger partial charge in [-0.2, -0.15) is 0 Å². The summed E-state index contributed by atoms with van der Waals surface area (Å²) in [5, 5.41) is 3.19. The molecule has 0 bridgehead atoms. The fraction of sp³-hybridized carbons (Fsp3) is 1.00. The first-order valence-corrected chi connectivity index (χ1v) is 4.48. The number of hydrogen-bond donors (Lipinski definition) is 1. The summed E-state index contributed by atoms with van der Waals surface area (Å²) in [6.07, 6.45) is 1.23. The van der Waals surface area contributed by atoms with Gasteiger partial charge in [0, 0.05) is 6.04 Å². The maximum Gasteiger partial charge on any atom is 0.00478 e. The highest BCUT2D eigenvalue weighted by atomic mass is 15.1. The van der Waals surface area contributed by atoms with Crippen molar-refractivity contribution in [1.29, 1.82) is 0 Å². The van der Waals surface area contributed by atoms with E-state index in [9.17, 15) is 0 Å². The second-order valence-corrected chi connectivity index (χ2v) is 2.78. The molecule has 1 atom stereocenters. The minimum Gasteiger partial charge on any atom is -0.317 e. The van der Waals surface area contributed by atoms with Crippen molar-refractivity contribution in [3.63, 3.8) is 0 Å². The molecule has 0 aromatic rings. The topological polar surface area (TPSA) is 15.3 Å². The Morgan fingerprint density at radius 2 is 1.73 bits per heavy atom. The van der Waals surface area contributed by atoms with Crippen LogP contribution in [0.2, 0.25) is 0 Å². The van der Waals surface area contributed by atoms with Crippen LogP contribution in [0.25, 0.3) is 0 Å². The van der Waals surface area contributed by atoms with Gasteiger partial charge in [0.15, 0.2) is 0 Å². The number of rotatable bonds is 4. The van der Waals surface area contributed by atoms with Gasteiger partial charge in [0.05, 0.1) is 0 Å². The van der Waals surface area contributed by atoms with Gasteiger partial charge in [-0.25, -0.2) is 0 Å². The fourth-order valence-electron chi connectivity index (χ4n) is 0.596. The fourth-order valence-corrected chi connectivity index (χ4v) is 0.596. The third kappa shape index (κ3) is 13.0. The van der Waals surface area contributed by atoms with E-state index in [4.69, 9.17) is 0 Å². The van der Waals surface area contributed by atoms with E-state index in [-0.39, 0.29) is 0 Å². The first kappa shape index (κ1) is 13.5. The van der Waals surface area contributed by atoms with Crippen molar-refractivity contribution in [3.8, 4) is 0 Å². The lowest BCUT2D eigenvalue weighted by Gasteiger charge is -2.13. The van der Waals surface area contributed by atoms with Gasteiger partial charge in [-0.3, -0.25) is 0 Å². The van der Waals surface area contributed by atoms with E-state index in [0.717, 1.165) is 0 Å². The zero-order chi connectivity index (χ0) is 9.28. The van der Waals surface area contributed by atoms with Crippen LogP contribution >= 0.6 is 0 Å². The van der Waals surface area contributed by atoms with Crippen molar-refractivity contribution in [2.24, 2.45) is 0 Å². The summed E-state index contributed by atoms with van der Waals surface area (Å²) in [6.45, 7) is 7.37. The predicted molar refractivity (Wildman–Crippen MR) is 53.0 cm³/mol. The highest BCUT2D eigenvalue weighted by Crippen LogP contribution is 1.89. The summed E-state index contributed by atoms with van der Waals surface area (Å²) in [7, 11) is 6.20. The van der Waals surface area contributed by atoms with Crippen molar-refractivity contribution >= 4 is 0 Å². The van der Waals surface area contributed by atoms with Crippen molar-refractivity contribution in [2.75, 3.05) is 27.7 Å². The Hall–Kier alpha value is -0.0800. The summed E-state index contributed by atoms with van der Waals surface area (Å²) in [4.78, 5) is 2.20. The Morgan fingerprint density at radius 3 is 2.00 bits per heavy atom. The molecule has 11 heavy (non-hydrogen) atoms. The van der Waals surface area contributed by atoms with E-state index in [1.165, 1.54) is 13.0 Å². The molecule has 0 aromatic heterocycles. The normalized spacial score (nSPS) is 12.3. The zero-order valence-corrected chi connectivity index (χ0v) is 8.94. The summed E-state index contributed by atoms with van der Waals surface area (Å²) in [5.74, 6) is 0. The predicted octanol–water partition coefficient (Wildman–Crippen LogP) is 1.57. The minimum atomic E-state index is 0.646. The molecule has 1 N–H and O–H groups in total. The average molecular weight is 160 g/mol. The van der Waals surface area contributed by atoms with Crippen molar-refractivity contribution < 1.29 is 0 Å². The molecule has 0 spiro atoms. The molecule has 0 heterocycles. The van der Waals surface area contributed by atoms with Gasteiger partial charge in [-0.05, 0) is 41.0 Å². The average Bonchev–Trinajstić information content (AvgIpc) is 2.04. The SMILES string of the molecule is CC.CNC(C)CCN(C)C. The third-order valence-corrected chi connectivity index (χ3v) is 1.50. The van der Waals surface area contributed by atoms with Crippen LogP contribution in [0.5, 0.6) is 0 Å². The molecular weight excluding hydrogens is 136 g/mol. The quantitative estimate of drug-likeness (QED) is 0.671. The molecular formula is C9H24N2. The van der Waals surface area contributed by atoms with E-state index < -0.39 is 0 Å². The van der Waals surface area contributed by atoms with Gasteiger partial charge in [-0.15, -0.1) is 0 Å². The van der Waals surface area contributed by atoms with E-state index in [0.29, 0.717) is 6.04 Å². The van der Waals surface area contributed by atoms with Crippen LogP contribution in [-0.2, 0) is 0 Å². The second-order valence-electron chi connectivity index (χ2n) is 2.78. The van der Waals surface area contributed by atoms with Crippen LogP contribution in [0, 0.1) is 0 Å². The molecule has 0 rings (SSSR count). The molecule has 0 fully saturated rings. The smallest absolute Gasteiger partial charge is 0.00478 e. The highest BCUT2D eigenvalue weighted by molar-refractivity contribution is 4.57. The molecule has 0 aliphatic rings. The maximum atomic E-state index is 3.19. The number of nitrogens with one attached hydrogen (secondary N) is 1. The summed E-state index contributed by atoms with van der Waals surface area (Å²) >= 11 is 0. The monoisotopic (exact) mass is 160 g/mol. The van der Waals surface area contributed by atoms with Gasteiger partial charge in [-0.1, -0.05) is 13.8 Å². The molecule has 1 unspecified atom stereocenters. The molecule has 0 amide bonds. The van der Waals surface area contributed by atoms with E-state index in [1.54, 1.807) is 0 Å². The second kappa shape index (κ2) is 9.92. The van der Waals surface area contributed by atoms with E-state index >= 15 is 0 Å². The molecule has 0 aliphatic carbocycles. The van der Waals surface area contributed by atoms with E-state index in [2.05, 4.69) is 31.2 Å².